The van der Waals surface area contributed by atoms with E-state index in [1.54, 1.807) is 12.3 Å². The predicted molar refractivity (Wildman–Crippen MR) is 68.3 cm³/mol. The van der Waals surface area contributed by atoms with Gasteiger partial charge in [-0.05, 0) is 13.3 Å². The van der Waals surface area contributed by atoms with Crippen molar-refractivity contribution in [1.82, 2.24) is 15.2 Å². The summed E-state index contributed by atoms with van der Waals surface area (Å²) in [6.07, 6.45) is 2.75. The zero-order chi connectivity index (χ0) is 12.0. The Balaban J connectivity index is 2.06. The maximum Gasteiger partial charge on any atom is 0.160 e. The molecule has 0 spiro atoms. The van der Waals surface area contributed by atoms with Gasteiger partial charge in [-0.2, -0.15) is 5.10 Å². The molecular weight excluding hydrogens is 238 g/mol. The maximum absolute atomic E-state index is 5.97. The van der Waals surface area contributed by atoms with Gasteiger partial charge in [0.15, 0.2) is 5.82 Å². The Kier molecular flexibility index (Phi) is 2.45. The molecule has 3 heterocycles. The van der Waals surface area contributed by atoms with Crippen LogP contribution < -0.4 is 10.6 Å². The second kappa shape index (κ2) is 3.85. The van der Waals surface area contributed by atoms with Crippen molar-refractivity contribution in [2.45, 2.75) is 25.4 Å². The number of halogens is 1. The van der Waals surface area contributed by atoms with Crippen LogP contribution in [0.5, 0.6) is 0 Å². The van der Waals surface area contributed by atoms with E-state index in [1.807, 2.05) is 0 Å². The molecule has 2 atom stereocenters. The van der Waals surface area contributed by atoms with Gasteiger partial charge in [-0.3, -0.25) is 5.10 Å². The summed E-state index contributed by atoms with van der Waals surface area (Å²) in [7, 11) is 0. The molecule has 6 heteroatoms. The van der Waals surface area contributed by atoms with Crippen molar-refractivity contribution < 1.29 is 0 Å². The first-order valence-corrected chi connectivity index (χ1v) is 6.05. The molecule has 17 heavy (non-hydrogen) atoms. The summed E-state index contributed by atoms with van der Waals surface area (Å²) in [4.78, 5) is 6.32. The van der Waals surface area contributed by atoms with E-state index in [-0.39, 0.29) is 6.04 Å². The number of hydrogen-bond acceptors (Lipinski definition) is 4. The molecule has 3 N–H and O–H groups in total. The molecule has 2 aromatic heterocycles. The van der Waals surface area contributed by atoms with Crippen LogP contribution in [0.3, 0.4) is 0 Å². The lowest BCUT2D eigenvalue weighted by Crippen LogP contribution is -2.29. The summed E-state index contributed by atoms with van der Waals surface area (Å²) in [5.41, 5.74) is 6.88. The van der Waals surface area contributed by atoms with E-state index in [2.05, 4.69) is 27.0 Å². The third-order valence-electron chi connectivity index (χ3n) is 3.27. The fraction of sp³-hybridized carbons (Fsp3) is 0.455. The van der Waals surface area contributed by atoms with Gasteiger partial charge in [0.2, 0.25) is 0 Å². The highest BCUT2D eigenvalue weighted by molar-refractivity contribution is 6.30. The van der Waals surface area contributed by atoms with E-state index in [0.29, 0.717) is 11.2 Å². The van der Waals surface area contributed by atoms with E-state index >= 15 is 0 Å². The monoisotopic (exact) mass is 251 g/mol. The second-order valence-electron chi connectivity index (χ2n) is 4.60. The van der Waals surface area contributed by atoms with Gasteiger partial charge in [0.25, 0.3) is 0 Å². The molecule has 1 fully saturated rings. The molecule has 1 aliphatic rings. The van der Waals surface area contributed by atoms with Gasteiger partial charge in [-0.15, -0.1) is 0 Å². The minimum Gasteiger partial charge on any atom is -0.350 e. The van der Waals surface area contributed by atoms with Gasteiger partial charge in [0, 0.05) is 30.9 Å². The van der Waals surface area contributed by atoms with Gasteiger partial charge in [0.1, 0.15) is 5.15 Å². The molecule has 0 amide bonds. The number of nitrogens with zero attached hydrogens (tertiary/aromatic N) is 3. The maximum atomic E-state index is 5.97. The minimum atomic E-state index is 0.219. The molecule has 2 aromatic rings. The van der Waals surface area contributed by atoms with Crippen LogP contribution >= 0.6 is 11.6 Å². The van der Waals surface area contributed by atoms with Crippen LogP contribution in [-0.4, -0.2) is 33.8 Å². The number of rotatable bonds is 1. The molecule has 0 aliphatic carbocycles. The molecule has 1 saturated heterocycles. The fourth-order valence-electron chi connectivity index (χ4n) is 2.46. The highest BCUT2D eigenvalue weighted by Crippen LogP contribution is 2.29. The number of fused-ring (bicyclic) bond motifs is 1. The van der Waals surface area contributed by atoms with Crippen molar-refractivity contribution in [2.75, 3.05) is 11.4 Å². The van der Waals surface area contributed by atoms with E-state index in [0.717, 1.165) is 29.7 Å². The Hall–Kier alpha value is -1.33. The Morgan fingerprint density at radius 3 is 3.12 bits per heavy atom. The summed E-state index contributed by atoms with van der Waals surface area (Å²) in [6, 6.07) is 2.41. The Morgan fingerprint density at radius 1 is 1.59 bits per heavy atom. The first kappa shape index (κ1) is 10.8. The van der Waals surface area contributed by atoms with Gasteiger partial charge in [0.05, 0.1) is 10.9 Å². The van der Waals surface area contributed by atoms with E-state index < -0.39 is 0 Å². The number of anilines is 1. The van der Waals surface area contributed by atoms with Crippen LogP contribution in [0.25, 0.3) is 10.9 Å². The van der Waals surface area contributed by atoms with Crippen LogP contribution in [0.2, 0.25) is 5.15 Å². The number of aromatic amines is 1. The molecular formula is C11H14ClN5. The van der Waals surface area contributed by atoms with Crippen molar-refractivity contribution in [3.05, 3.63) is 17.4 Å². The Labute approximate surface area is 104 Å². The minimum absolute atomic E-state index is 0.219. The number of H-pyrrole nitrogens is 1. The summed E-state index contributed by atoms with van der Waals surface area (Å²) >= 11 is 5.85. The standard InChI is InChI=1S/C11H14ClN5/c1-6-2-7(13)5-17(6)11-8-4-14-10(12)3-9(8)15-16-11/h3-4,6-7H,2,5,13H2,1H3,(H,15,16). The lowest BCUT2D eigenvalue weighted by atomic mass is 10.2. The van der Waals surface area contributed by atoms with Crippen molar-refractivity contribution in [3.8, 4) is 0 Å². The number of hydrogen-bond donors (Lipinski definition) is 2. The average Bonchev–Trinajstić information content (AvgIpc) is 2.81. The topological polar surface area (TPSA) is 70.8 Å². The quantitative estimate of drug-likeness (QED) is 0.755. The van der Waals surface area contributed by atoms with Crippen LogP contribution in [0.4, 0.5) is 5.82 Å². The van der Waals surface area contributed by atoms with E-state index in [1.165, 1.54) is 0 Å². The number of aromatic nitrogens is 3. The van der Waals surface area contributed by atoms with Crippen LogP contribution in [0, 0.1) is 0 Å². The van der Waals surface area contributed by atoms with Crippen molar-refractivity contribution in [3.63, 3.8) is 0 Å². The SMILES string of the molecule is CC1CC(N)CN1c1n[nH]c2cc(Cl)ncc12. The molecule has 0 radical (unpaired) electrons. The molecule has 0 bridgehead atoms. The van der Waals surface area contributed by atoms with Crippen molar-refractivity contribution in [1.29, 1.82) is 0 Å². The third-order valence-corrected chi connectivity index (χ3v) is 3.48. The van der Waals surface area contributed by atoms with Crippen LogP contribution in [0.15, 0.2) is 12.3 Å². The fourth-order valence-corrected chi connectivity index (χ4v) is 2.62. The van der Waals surface area contributed by atoms with Crippen LogP contribution in [-0.2, 0) is 0 Å². The molecule has 2 unspecified atom stereocenters. The van der Waals surface area contributed by atoms with Crippen molar-refractivity contribution >= 4 is 28.3 Å². The largest absolute Gasteiger partial charge is 0.350 e. The smallest absolute Gasteiger partial charge is 0.160 e. The van der Waals surface area contributed by atoms with Gasteiger partial charge < -0.3 is 10.6 Å². The molecule has 5 nitrogen and oxygen atoms in total. The van der Waals surface area contributed by atoms with Gasteiger partial charge in [-0.1, -0.05) is 11.6 Å². The van der Waals surface area contributed by atoms with E-state index in [4.69, 9.17) is 17.3 Å². The number of pyridine rings is 1. The summed E-state index contributed by atoms with van der Waals surface area (Å²) in [6.45, 7) is 3.00. The molecule has 3 rings (SSSR count). The number of nitrogens with one attached hydrogen (secondary N) is 1. The zero-order valence-electron chi connectivity index (χ0n) is 9.52. The Morgan fingerprint density at radius 2 is 2.41 bits per heavy atom. The summed E-state index contributed by atoms with van der Waals surface area (Å²) < 4.78 is 0. The van der Waals surface area contributed by atoms with Crippen molar-refractivity contribution in [2.24, 2.45) is 5.73 Å². The summed E-state index contributed by atoms with van der Waals surface area (Å²) in [5, 5.41) is 8.80. The normalized spacial score (nSPS) is 24.8. The van der Waals surface area contributed by atoms with Gasteiger partial charge in [-0.25, -0.2) is 4.98 Å². The molecule has 1 aliphatic heterocycles. The van der Waals surface area contributed by atoms with E-state index in [9.17, 15) is 0 Å². The molecule has 0 saturated carbocycles. The Bertz CT molecular complexity index is 552. The lowest BCUT2D eigenvalue weighted by molar-refractivity contribution is 0.688. The first-order chi connectivity index (χ1) is 8.15. The van der Waals surface area contributed by atoms with Crippen LogP contribution in [0.1, 0.15) is 13.3 Å². The first-order valence-electron chi connectivity index (χ1n) is 5.67. The number of nitrogens with two attached hydrogens (primary N) is 1. The highest BCUT2D eigenvalue weighted by atomic mass is 35.5. The third kappa shape index (κ3) is 1.75. The zero-order valence-corrected chi connectivity index (χ0v) is 10.3. The van der Waals surface area contributed by atoms with Gasteiger partial charge >= 0.3 is 0 Å². The summed E-state index contributed by atoms with van der Waals surface area (Å²) in [5.74, 6) is 0.921. The molecule has 90 valence electrons. The molecule has 0 aromatic carbocycles. The highest BCUT2D eigenvalue weighted by Gasteiger charge is 2.29. The second-order valence-corrected chi connectivity index (χ2v) is 4.98. The lowest BCUT2D eigenvalue weighted by Gasteiger charge is -2.20. The predicted octanol–water partition coefficient (Wildman–Crippen LogP) is 1.54. The average molecular weight is 252 g/mol.